The first kappa shape index (κ1) is 10.5. The average Bonchev–Trinajstić information content (AvgIpc) is 2.17. The van der Waals surface area contributed by atoms with E-state index in [1.807, 2.05) is 26.0 Å². The maximum absolute atomic E-state index is 9.79. The highest BCUT2D eigenvalue weighted by Crippen LogP contribution is 2.32. The maximum atomic E-state index is 9.79. The topological polar surface area (TPSA) is 29.5 Å². The van der Waals surface area contributed by atoms with E-state index in [-0.39, 0.29) is 12.2 Å². The van der Waals surface area contributed by atoms with Gasteiger partial charge in [-0.2, -0.15) is 0 Å². The van der Waals surface area contributed by atoms with E-state index >= 15 is 0 Å². The molecule has 2 rings (SSSR count). The minimum Gasteiger partial charge on any atom is -0.491 e. The molecular weight excluding hydrogens is 188 g/mol. The standard InChI is InChI=1S/C13H18O2/c1-9(2)15-11-6-7-12-10(8-11)4-3-5-13(12)14/h6-9,13-14H,3-5H2,1-2H3. The molecule has 2 nitrogen and oxygen atoms in total. The fraction of sp³-hybridized carbons (Fsp3) is 0.538. The first-order valence-electron chi connectivity index (χ1n) is 5.64. The predicted octanol–water partition coefficient (Wildman–Crippen LogP) is 2.84. The van der Waals surface area contributed by atoms with Crippen molar-refractivity contribution in [1.29, 1.82) is 0 Å². The highest BCUT2D eigenvalue weighted by molar-refractivity contribution is 5.38. The van der Waals surface area contributed by atoms with E-state index in [1.165, 1.54) is 5.56 Å². The van der Waals surface area contributed by atoms with Gasteiger partial charge in [-0.3, -0.25) is 0 Å². The van der Waals surface area contributed by atoms with Gasteiger partial charge in [0.2, 0.25) is 0 Å². The third-order valence-electron chi connectivity index (χ3n) is 2.77. The van der Waals surface area contributed by atoms with Crippen molar-refractivity contribution >= 4 is 0 Å². The first-order chi connectivity index (χ1) is 7.16. The van der Waals surface area contributed by atoms with Gasteiger partial charge in [-0.15, -0.1) is 0 Å². The lowest BCUT2D eigenvalue weighted by atomic mass is 9.89. The molecule has 1 aromatic carbocycles. The van der Waals surface area contributed by atoms with Gasteiger partial charge in [0.25, 0.3) is 0 Å². The van der Waals surface area contributed by atoms with Gasteiger partial charge >= 0.3 is 0 Å². The second-order valence-corrected chi connectivity index (χ2v) is 4.44. The van der Waals surface area contributed by atoms with Crippen molar-refractivity contribution in [2.45, 2.75) is 45.3 Å². The highest BCUT2D eigenvalue weighted by atomic mass is 16.5. The normalized spacial score (nSPS) is 20.1. The third-order valence-corrected chi connectivity index (χ3v) is 2.77. The number of hydrogen-bond acceptors (Lipinski definition) is 2. The lowest BCUT2D eigenvalue weighted by Gasteiger charge is -2.22. The largest absolute Gasteiger partial charge is 0.491 e. The van der Waals surface area contributed by atoms with Crippen LogP contribution < -0.4 is 4.74 Å². The van der Waals surface area contributed by atoms with E-state index < -0.39 is 0 Å². The van der Waals surface area contributed by atoms with Crippen molar-refractivity contribution < 1.29 is 9.84 Å². The van der Waals surface area contributed by atoms with Crippen LogP contribution in [0, 0.1) is 0 Å². The molecule has 0 heterocycles. The Labute approximate surface area is 90.9 Å². The molecule has 15 heavy (non-hydrogen) atoms. The summed E-state index contributed by atoms with van der Waals surface area (Å²) >= 11 is 0. The summed E-state index contributed by atoms with van der Waals surface area (Å²) in [4.78, 5) is 0. The average molecular weight is 206 g/mol. The zero-order chi connectivity index (χ0) is 10.8. The molecule has 1 aromatic rings. The van der Waals surface area contributed by atoms with Crippen molar-refractivity contribution in [3.63, 3.8) is 0 Å². The summed E-state index contributed by atoms with van der Waals surface area (Å²) < 4.78 is 5.63. The van der Waals surface area contributed by atoms with Crippen LogP contribution in [0.25, 0.3) is 0 Å². The van der Waals surface area contributed by atoms with Crippen LogP contribution in [0.3, 0.4) is 0 Å². The molecule has 0 spiro atoms. The van der Waals surface area contributed by atoms with Crippen LogP contribution in [0.2, 0.25) is 0 Å². The van der Waals surface area contributed by atoms with Crippen LogP contribution in [0.5, 0.6) is 5.75 Å². The summed E-state index contributed by atoms with van der Waals surface area (Å²) in [5, 5.41) is 9.79. The highest BCUT2D eigenvalue weighted by Gasteiger charge is 2.18. The van der Waals surface area contributed by atoms with Crippen molar-refractivity contribution in [3.05, 3.63) is 29.3 Å². The second-order valence-electron chi connectivity index (χ2n) is 4.44. The fourth-order valence-electron chi connectivity index (χ4n) is 2.11. The quantitative estimate of drug-likeness (QED) is 0.806. The second kappa shape index (κ2) is 4.23. The smallest absolute Gasteiger partial charge is 0.119 e. The van der Waals surface area contributed by atoms with E-state index in [1.54, 1.807) is 0 Å². The van der Waals surface area contributed by atoms with Gasteiger partial charge < -0.3 is 9.84 Å². The van der Waals surface area contributed by atoms with Gasteiger partial charge in [0.15, 0.2) is 0 Å². The molecule has 0 saturated heterocycles. The molecule has 1 unspecified atom stereocenters. The summed E-state index contributed by atoms with van der Waals surface area (Å²) in [6, 6.07) is 6.02. The number of hydrogen-bond donors (Lipinski definition) is 1. The van der Waals surface area contributed by atoms with Gasteiger partial charge in [0.05, 0.1) is 12.2 Å². The molecule has 0 saturated carbocycles. The summed E-state index contributed by atoms with van der Waals surface area (Å²) in [7, 11) is 0. The molecule has 0 bridgehead atoms. The van der Waals surface area contributed by atoms with Crippen molar-refractivity contribution in [1.82, 2.24) is 0 Å². The van der Waals surface area contributed by atoms with E-state index in [4.69, 9.17) is 4.74 Å². The summed E-state index contributed by atoms with van der Waals surface area (Å²) in [5.41, 5.74) is 2.32. The van der Waals surface area contributed by atoms with Crippen LogP contribution in [-0.4, -0.2) is 11.2 Å². The van der Waals surface area contributed by atoms with Gasteiger partial charge in [-0.1, -0.05) is 6.07 Å². The SMILES string of the molecule is CC(C)Oc1ccc2c(c1)CCCC2O. The van der Waals surface area contributed by atoms with Gasteiger partial charge in [0.1, 0.15) is 5.75 Å². The van der Waals surface area contributed by atoms with E-state index in [0.717, 1.165) is 30.6 Å². The monoisotopic (exact) mass is 206 g/mol. The molecule has 82 valence electrons. The number of aliphatic hydroxyl groups is 1. The molecule has 0 fully saturated rings. The van der Waals surface area contributed by atoms with Crippen molar-refractivity contribution in [2.75, 3.05) is 0 Å². The first-order valence-corrected chi connectivity index (χ1v) is 5.64. The Kier molecular flexibility index (Phi) is 2.96. The number of aryl methyl sites for hydroxylation is 1. The molecular formula is C13H18O2. The van der Waals surface area contributed by atoms with Crippen LogP contribution >= 0.6 is 0 Å². The number of benzene rings is 1. The number of ether oxygens (including phenoxy) is 1. The van der Waals surface area contributed by atoms with Gasteiger partial charge in [-0.05, 0) is 56.4 Å². The van der Waals surface area contributed by atoms with Crippen molar-refractivity contribution in [3.8, 4) is 5.75 Å². The van der Waals surface area contributed by atoms with Crippen LogP contribution in [0.4, 0.5) is 0 Å². The lowest BCUT2D eigenvalue weighted by molar-refractivity contribution is 0.156. The lowest BCUT2D eigenvalue weighted by Crippen LogP contribution is -2.11. The van der Waals surface area contributed by atoms with Crippen LogP contribution in [0.15, 0.2) is 18.2 Å². The zero-order valence-corrected chi connectivity index (χ0v) is 9.36. The van der Waals surface area contributed by atoms with E-state index in [0.29, 0.717) is 0 Å². The Morgan fingerprint density at radius 2 is 2.20 bits per heavy atom. The molecule has 1 aliphatic rings. The number of rotatable bonds is 2. The number of fused-ring (bicyclic) bond motifs is 1. The predicted molar refractivity (Wildman–Crippen MR) is 60.1 cm³/mol. The summed E-state index contributed by atoms with van der Waals surface area (Å²) in [6.45, 7) is 4.04. The van der Waals surface area contributed by atoms with Gasteiger partial charge in [0, 0.05) is 0 Å². The minimum absolute atomic E-state index is 0.205. The zero-order valence-electron chi connectivity index (χ0n) is 9.36. The Balaban J connectivity index is 2.25. The Morgan fingerprint density at radius 3 is 2.93 bits per heavy atom. The summed E-state index contributed by atoms with van der Waals surface area (Å²) in [6.07, 6.45) is 2.94. The Morgan fingerprint density at radius 1 is 1.40 bits per heavy atom. The molecule has 2 heteroatoms. The minimum atomic E-state index is -0.276. The maximum Gasteiger partial charge on any atom is 0.119 e. The summed E-state index contributed by atoms with van der Waals surface area (Å²) in [5.74, 6) is 0.915. The van der Waals surface area contributed by atoms with E-state index in [9.17, 15) is 5.11 Å². The fourth-order valence-corrected chi connectivity index (χ4v) is 2.11. The molecule has 0 amide bonds. The molecule has 0 radical (unpaired) electrons. The number of aliphatic hydroxyl groups excluding tert-OH is 1. The molecule has 0 aromatic heterocycles. The molecule has 1 aliphatic carbocycles. The van der Waals surface area contributed by atoms with E-state index in [2.05, 4.69) is 6.07 Å². The Bertz CT molecular complexity index is 344. The van der Waals surface area contributed by atoms with Crippen LogP contribution in [0.1, 0.15) is 43.9 Å². The van der Waals surface area contributed by atoms with Crippen LogP contribution in [-0.2, 0) is 6.42 Å². The third kappa shape index (κ3) is 2.32. The molecule has 0 aliphatic heterocycles. The van der Waals surface area contributed by atoms with Crippen molar-refractivity contribution in [2.24, 2.45) is 0 Å². The molecule has 1 atom stereocenters. The van der Waals surface area contributed by atoms with Gasteiger partial charge in [-0.25, -0.2) is 0 Å². The Hall–Kier alpha value is -1.02. The molecule has 1 N–H and O–H groups in total.